The minimum absolute atomic E-state index is 0.142. The van der Waals surface area contributed by atoms with Gasteiger partial charge in [0.05, 0.1) is 11.1 Å². The maximum atomic E-state index is 14.4. The molecule has 0 saturated heterocycles. The summed E-state index contributed by atoms with van der Waals surface area (Å²) in [5.41, 5.74) is -0.384. The standard InChI is InChI=1S/C28H30F4N2O4S/c1-5-33(6-2)22-15-14-20(18-34(19(3)4)27(35)24-12-7-8-13-25(24)29)26(17-22)38-39(36,37)23-11-9-10-21(16-23)28(30,31)32/h7-17,19H,5-6,18H2,1-4H3. The Morgan fingerprint density at radius 1 is 0.949 bits per heavy atom. The summed E-state index contributed by atoms with van der Waals surface area (Å²) in [5.74, 6) is -1.46. The van der Waals surface area contributed by atoms with Gasteiger partial charge in [-0.05, 0) is 64.1 Å². The van der Waals surface area contributed by atoms with E-state index in [4.69, 9.17) is 4.18 Å². The summed E-state index contributed by atoms with van der Waals surface area (Å²) < 4.78 is 85.8. The molecular weight excluding hydrogens is 536 g/mol. The number of carbonyl (C=O) groups excluding carboxylic acids is 1. The molecule has 3 rings (SSSR count). The van der Waals surface area contributed by atoms with Gasteiger partial charge in [-0.15, -0.1) is 0 Å². The van der Waals surface area contributed by atoms with Gasteiger partial charge in [-0.2, -0.15) is 21.6 Å². The number of hydrogen-bond acceptors (Lipinski definition) is 5. The van der Waals surface area contributed by atoms with Crippen LogP contribution in [-0.4, -0.2) is 38.4 Å². The maximum Gasteiger partial charge on any atom is 0.416 e. The fourth-order valence-electron chi connectivity index (χ4n) is 3.99. The van der Waals surface area contributed by atoms with Crippen molar-refractivity contribution in [3.05, 3.63) is 89.2 Å². The van der Waals surface area contributed by atoms with Crippen LogP contribution < -0.4 is 9.08 Å². The number of anilines is 1. The minimum Gasteiger partial charge on any atom is -0.379 e. The van der Waals surface area contributed by atoms with Gasteiger partial charge in [-0.25, -0.2) is 4.39 Å². The highest BCUT2D eigenvalue weighted by Gasteiger charge is 2.32. The van der Waals surface area contributed by atoms with Crippen molar-refractivity contribution >= 4 is 21.7 Å². The third-order valence-corrected chi connectivity index (χ3v) is 7.39. The van der Waals surface area contributed by atoms with Gasteiger partial charge in [0, 0.05) is 43.0 Å². The Hall–Kier alpha value is -3.60. The van der Waals surface area contributed by atoms with Gasteiger partial charge in [0.1, 0.15) is 16.5 Å². The number of amides is 1. The Morgan fingerprint density at radius 3 is 2.21 bits per heavy atom. The molecule has 0 aliphatic rings. The molecular formula is C28H30F4N2O4S. The molecule has 3 aromatic rings. The number of halogens is 4. The molecule has 0 bridgehead atoms. The normalized spacial score (nSPS) is 11.9. The fraction of sp³-hybridized carbons (Fsp3) is 0.321. The zero-order valence-electron chi connectivity index (χ0n) is 22.0. The van der Waals surface area contributed by atoms with Gasteiger partial charge in [0.15, 0.2) is 0 Å². The summed E-state index contributed by atoms with van der Waals surface area (Å²) in [6.45, 7) is 8.32. The first-order chi connectivity index (χ1) is 18.3. The van der Waals surface area contributed by atoms with Crippen molar-refractivity contribution in [2.24, 2.45) is 0 Å². The van der Waals surface area contributed by atoms with E-state index in [0.717, 1.165) is 18.2 Å². The highest BCUT2D eigenvalue weighted by atomic mass is 32.2. The van der Waals surface area contributed by atoms with Crippen molar-refractivity contribution in [1.82, 2.24) is 4.90 Å². The molecule has 0 aliphatic carbocycles. The van der Waals surface area contributed by atoms with E-state index in [0.29, 0.717) is 24.8 Å². The molecule has 6 nitrogen and oxygen atoms in total. The molecule has 0 atom stereocenters. The number of benzene rings is 3. The number of hydrogen-bond donors (Lipinski definition) is 0. The van der Waals surface area contributed by atoms with Crippen LogP contribution in [0.25, 0.3) is 0 Å². The van der Waals surface area contributed by atoms with Crippen LogP contribution in [0, 0.1) is 5.82 Å². The zero-order valence-corrected chi connectivity index (χ0v) is 22.8. The van der Waals surface area contributed by atoms with Crippen LogP contribution in [0.4, 0.5) is 23.2 Å². The van der Waals surface area contributed by atoms with Crippen LogP contribution in [-0.2, 0) is 22.8 Å². The Kier molecular flexibility index (Phi) is 9.26. The largest absolute Gasteiger partial charge is 0.416 e. The molecule has 0 aliphatic heterocycles. The molecule has 0 radical (unpaired) electrons. The number of alkyl halides is 3. The van der Waals surface area contributed by atoms with Crippen molar-refractivity contribution in [2.75, 3.05) is 18.0 Å². The zero-order chi connectivity index (χ0) is 29.0. The number of rotatable bonds is 10. The minimum atomic E-state index is -4.75. The third kappa shape index (κ3) is 7.08. The van der Waals surface area contributed by atoms with Gasteiger partial charge in [0.2, 0.25) is 0 Å². The van der Waals surface area contributed by atoms with E-state index in [2.05, 4.69) is 0 Å². The lowest BCUT2D eigenvalue weighted by atomic mass is 10.1. The van der Waals surface area contributed by atoms with Gasteiger partial charge in [-0.3, -0.25) is 4.79 Å². The van der Waals surface area contributed by atoms with Gasteiger partial charge in [-0.1, -0.05) is 24.3 Å². The number of carbonyl (C=O) groups is 1. The van der Waals surface area contributed by atoms with Gasteiger partial charge in [0.25, 0.3) is 5.91 Å². The third-order valence-electron chi connectivity index (χ3n) is 6.16. The van der Waals surface area contributed by atoms with Crippen molar-refractivity contribution in [2.45, 2.75) is 51.4 Å². The van der Waals surface area contributed by atoms with Crippen molar-refractivity contribution < 1.29 is 35.0 Å². The lowest BCUT2D eigenvalue weighted by Crippen LogP contribution is -2.37. The first-order valence-electron chi connectivity index (χ1n) is 12.3. The van der Waals surface area contributed by atoms with Crippen molar-refractivity contribution in [3.63, 3.8) is 0 Å². The summed E-state index contributed by atoms with van der Waals surface area (Å²) in [7, 11) is -4.69. The molecule has 0 heterocycles. The molecule has 0 fully saturated rings. The summed E-state index contributed by atoms with van der Waals surface area (Å²) in [4.78, 5) is 15.9. The molecule has 3 aromatic carbocycles. The monoisotopic (exact) mass is 566 g/mol. The van der Waals surface area contributed by atoms with E-state index >= 15 is 0 Å². The summed E-state index contributed by atoms with van der Waals surface area (Å²) in [5, 5.41) is 0. The van der Waals surface area contributed by atoms with Crippen LogP contribution in [0.5, 0.6) is 5.75 Å². The van der Waals surface area contributed by atoms with Crippen LogP contribution in [0.15, 0.2) is 71.6 Å². The molecule has 39 heavy (non-hydrogen) atoms. The summed E-state index contributed by atoms with van der Waals surface area (Å²) >= 11 is 0. The molecule has 210 valence electrons. The predicted molar refractivity (Wildman–Crippen MR) is 141 cm³/mol. The smallest absolute Gasteiger partial charge is 0.379 e. The van der Waals surface area contributed by atoms with E-state index in [1.807, 2.05) is 18.7 Å². The fourth-order valence-corrected chi connectivity index (χ4v) is 5.00. The average molecular weight is 567 g/mol. The van der Waals surface area contributed by atoms with Crippen molar-refractivity contribution in [3.8, 4) is 5.75 Å². The second-order valence-electron chi connectivity index (χ2n) is 9.03. The molecule has 11 heteroatoms. The lowest BCUT2D eigenvalue weighted by molar-refractivity contribution is -0.137. The summed E-state index contributed by atoms with van der Waals surface area (Å²) in [6.07, 6.45) is -4.75. The van der Waals surface area contributed by atoms with Crippen LogP contribution in [0.1, 0.15) is 49.2 Å². The van der Waals surface area contributed by atoms with Crippen LogP contribution in [0.3, 0.4) is 0 Å². The van der Waals surface area contributed by atoms with E-state index in [1.165, 1.54) is 35.2 Å². The second-order valence-corrected chi connectivity index (χ2v) is 10.6. The van der Waals surface area contributed by atoms with Gasteiger partial charge >= 0.3 is 16.3 Å². The second kappa shape index (κ2) is 12.1. The van der Waals surface area contributed by atoms with E-state index in [9.17, 15) is 30.8 Å². The maximum absolute atomic E-state index is 14.4. The Morgan fingerprint density at radius 2 is 1.62 bits per heavy atom. The number of nitrogens with zero attached hydrogens (tertiary/aromatic N) is 2. The predicted octanol–water partition coefficient (Wildman–Crippen LogP) is 6.51. The molecule has 1 amide bonds. The van der Waals surface area contributed by atoms with Crippen molar-refractivity contribution in [1.29, 1.82) is 0 Å². The topological polar surface area (TPSA) is 66.9 Å². The molecule has 0 saturated carbocycles. The average Bonchev–Trinajstić information content (AvgIpc) is 2.88. The molecule has 0 spiro atoms. The highest BCUT2D eigenvalue weighted by Crippen LogP contribution is 2.33. The Labute approximate surface area is 225 Å². The summed E-state index contributed by atoms with van der Waals surface area (Å²) in [6, 6.07) is 13.2. The van der Waals surface area contributed by atoms with Crippen LogP contribution in [0.2, 0.25) is 0 Å². The lowest BCUT2D eigenvalue weighted by Gasteiger charge is -2.29. The van der Waals surface area contributed by atoms with E-state index < -0.39 is 44.5 Å². The van der Waals surface area contributed by atoms with Gasteiger partial charge < -0.3 is 14.0 Å². The first-order valence-corrected chi connectivity index (χ1v) is 13.7. The first kappa shape index (κ1) is 29.9. The molecule has 0 unspecified atom stereocenters. The quantitative estimate of drug-likeness (QED) is 0.207. The van der Waals surface area contributed by atoms with E-state index in [-0.39, 0.29) is 23.4 Å². The van der Waals surface area contributed by atoms with Crippen LogP contribution >= 0.6 is 0 Å². The highest BCUT2D eigenvalue weighted by molar-refractivity contribution is 7.87. The molecule has 0 N–H and O–H groups in total. The Bertz CT molecular complexity index is 1420. The SMILES string of the molecule is CCN(CC)c1ccc(CN(C(=O)c2ccccc2F)C(C)C)c(OS(=O)(=O)c2cccc(C(F)(F)F)c2)c1. The molecule has 0 aromatic heterocycles. The van der Waals surface area contributed by atoms with E-state index in [1.54, 1.807) is 26.0 Å². The Balaban J connectivity index is 2.07.